The number of rotatable bonds is 6. The first-order valence-corrected chi connectivity index (χ1v) is 12.2. The summed E-state index contributed by atoms with van der Waals surface area (Å²) in [6.45, 7) is 2.57. The molecule has 0 spiro atoms. The molecular formula is C29H34N4O3. The van der Waals surface area contributed by atoms with Gasteiger partial charge in [-0.3, -0.25) is 0 Å². The number of aryl methyl sites for hydroxylation is 1. The van der Waals surface area contributed by atoms with Crippen molar-refractivity contribution in [3.8, 4) is 22.6 Å². The van der Waals surface area contributed by atoms with Crippen LogP contribution in [0, 0.1) is 6.92 Å². The maximum Gasteiger partial charge on any atom is 0.338 e. The normalized spacial score (nSPS) is 16.0. The maximum absolute atomic E-state index is 13.2. The van der Waals surface area contributed by atoms with Gasteiger partial charge in [0.25, 0.3) is 0 Å². The molecular weight excluding hydrogens is 452 g/mol. The Morgan fingerprint density at radius 3 is 2.56 bits per heavy atom. The van der Waals surface area contributed by atoms with Gasteiger partial charge in [-0.1, -0.05) is 54.6 Å². The first-order valence-electron chi connectivity index (χ1n) is 12.2. The number of hydrogen-bond donors (Lipinski definition) is 3. The number of hydrazine groups is 1. The summed E-state index contributed by atoms with van der Waals surface area (Å²) < 4.78 is 5.46. The number of phenolic OH excluding ortho intramolecular Hbond substituents is 1. The molecule has 4 rings (SSSR count). The zero-order chi connectivity index (χ0) is 25.7. The predicted octanol–water partition coefficient (Wildman–Crippen LogP) is 5.03. The van der Waals surface area contributed by atoms with Crippen LogP contribution in [0.1, 0.15) is 36.0 Å². The molecule has 1 aliphatic rings. The number of carbonyl (C=O) groups is 1. The highest BCUT2D eigenvalue weighted by molar-refractivity contribution is 5.80. The minimum absolute atomic E-state index is 0.103. The van der Waals surface area contributed by atoms with Crippen LogP contribution in [-0.4, -0.2) is 40.7 Å². The average molecular weight is 487 g/mol. The van der Waals surface area contributed by atoms with E-state index in [1.165, 1.54) is 11.8 Å². The van der Waals surface area contributed by atoms with E-state index in [1.807, 2.05) is 60.4 Å². The molecule has 5 N–H and O–H groups in total. The van der Waals surface area contributed by atoms with Crippen molar-refractivity contribution in [3.63, 3.8) is 0 Å². The number of likely N-dealkylation sites (tertiary alicyclic amines) is 1. The largest absolute Gasteiger partial charge is 0.507 e. The lowest BCUT2D eigenvalue weighted by atomic mass is 9.96. The van der Waals surface area contributed by atoms with Crippen LogP contribution in [-0.2, 0) is 6.42 Å². The summed E-state index contributed by atoms with van der Waals surface area (Å²) in [5, 5.41) is 11.6. The number of nitrogens with two attached hydrogens (primary N) is 2. The SMILES string of the molecule is COc1cc(C)cc(O)c1-c1ccc(/C(N)=C/N(N)C(=O)N2CCCCC2Cc2ccccc2)cc1. The molecule has 2 amide bonds. The third-order valence-corrected chi connectivity index (χ3v) is 6.64. The Kier molecular flexibility index (Phi) is 7.80. The molecule has 1 unspecified atom stereocenters. The van der Waals surface area contributed by atoms with Crippen LogP contribution in [0.25, 0.3) is 16.8 Å². The average Bonchev–Trinajstić information content (AvgIpc) is 2.89. The molecule has 0 aromatic heterocycles. The molecule has 1 saturated heterocycles. The van der Waals surface area contributed by atoms with Gasteiger partial charge in [0.1, 0.15) is 11.5 Å². The van der Waals surface area contributed by atoms with Crippen LogP contribution >= 0.6 is 0 Å². The molecule has 1 heterocycles. The summed E-state index contributed by atoms with van der Waals surface area (Å²) in [6.07, 6.45) is 5.27. The van der Waals surface area contributed by atoms with E-state index in [-0.39, 0.29) is 17.8 Å². The Morgan fingerprint density at radius 1 is 1.14 bits per heavy atom. The van der Waals surface area contributed by atoms with E-state index in [9.17, 15) is 9.90 Å². The summed E-state index contributed by atoms with van der Waals surface area (Å²) >= 11 is 0. The monoisotopic (exact) mass is 486 g/mol. The number of ether oxygens (including phenoxy) is 1. The third-order valence-electron chi connectivity index (χ3n) is 6.64. The zero-order valence-electron chi connectivity index (χ0n) is 20.9. The van der Waals surface area contributed by atoms with Gasteiger partial charge in [0.05, 0.1) is 18.4 Å². The molecule has 3 aromatic rings. The molecule has 0 aliphatic carbocycles. The van der Waals surface area contributed by atoms with Crippen LogP contribution in [0.3, 0.4) is 0 Å². The molecule has 36 heavy (non-hydrogen) atoms. The van der Waals surface area contributed by atoms with Crippen molar-refractivity contribution in [2.75, 3.05) is 13.7 Å². The number of hydrogen-bond acceptors (Lipinski definition) is 5. The zero-order valence-corrected chi connectivity index (χ0v) is 20.9. The fraction of sp³-hybridized carbons (Fsp3) is 0.276. The lowest BCUT2D eigenvalue weighted by Gasteiger charge is -2.37. The lowest BCUT2D eigenvalue weighted by molar-refractivity contribution is 0.127. The lowest BCUT2D eigenvalue weighted by Crippen LogP contribution is -2.51. The van der Waals surface area contributed by atoms with Crippen molar-refractivity contribution in [2.24, 2.45) is 11.6 Å². The Bertz CT molecular complexity index is 1230. The number of phenols is 1. The van der Waals surface area contributed by atoms with Gasteiger partial charge in [-0.05, 0) is 67.0 Å². The van der Waals surface area contributed by atoms with E-state index in [4.69, 9.17) is 16.3 Å². The molecule has 0 bridgehead atoms. The van der Waals surface area contributed by atoms with E-state index < -0.39 is 0 Å². The van der Waals surface area contributed by atoms with Crippen molar-refractivity contribution in [1.29, 1.82) is 0 Å². The maximum atomic E-state index is 13.2. The molecule has 7 nitrogen and oxygen atoms in total. The summed E-state index contributed by atoms with van der Waals surface area (Å²) in [4.78, 5) is 15.1. The highest BCUT2D eigenvalue weighted by atomic mass is 16.5. The Morgan fingerprint density at radius 2 is 1.86 bits per heavy atom. The van der Waals surface area contributed by atoms with E-state index in [0.717, 1.165) is 41.8 Å². The summed E-state index contributed by atoms with van der Waals surface area (Å²) in [5.41, 5.74) is 10.9. The number of aromatic hydroxyl groups is 1. The second-order valence-electron chi connectivity index (χ2n) is 9.25. The van der Waals surface area contributed by atoms with E-state index >= 15 is 0 Å². The quantitative estimate of drug-likeness (QED) is 0.258. The number of methoxy groups -OCH3 is 1. The fourth-order valence-corrected chi connectivity index (χ4v) is 4.79. The van der Waals surface area contributed by atoms with E-state index in [1.54, 1.807) is 13.2 Å². The number of piperidine rings is 1. The van der Waals surface area contributed by atoms with Crippen molar-refractivity contribution in [3.05, 3.63) is 89.6 Å². The van der Waals surface area contributed by atoms with Crippen molar-refractivity contribution >= 4 is 11.7 Å². The highest BCUT2D eigenvalue weighted by Gasteiger charge is 2.29. The van der Waals surface area contributed by atoms with E-state index in [0.29, 0.717) is 29.1 Å². The third kappa shape index (κ3) is 5.63. The molecule has 188 valence electrons. The number of benzene rings is 3. The van der Waals surface area contributed by atoms with Crippen molar-refractivity contribution < 1.29 is 14.6 Å². The Labute approximate surface area is 212 Å². The smallest absolute Gasteiger partial charge is 0.338 e. The van der Waals surface area contributed by atoms with Gasteiger partial charge in [-0.25, -0.2) is 15.6 Å². The Hall–Kier alpha value is -3.97. The van der Waals surface area contributed by atoms with Gasteiger partial charge in [-0.2, -0.15) is 0 Å². The minimum Gasteiger partial charge on any atom is -0.507 e. The number of amides is 2. The van der Waals surface area contributed by atoms with Gasteiger partial charge >= 0.3 is 6.03 Å². The van der Waals surface area contributed by atoms with Gasteiger partial charge < -0.3 is 20.5 Å². The highest BCUT2D eigenvalue weighted by Crippen LogP contribution is 2.39. The summed E-state index contributed by atoms with van der Waals surface area (Å²) in [6, 6.07) is 21.0. The molecule has 7 heteroatoms. The van der Waals surface area contributed by atoms with E-state index in [2.05, 4.69) is 12.1 Å². The van der Waals surface area contributed by atoms with Gasteiger partial charge in [-0.15, -0.1) is 0 Å². The minimum atomic E-state index is -0.260. The van der Waals surface area contributed by atoms with Gasteiger partial charge in [0.15, 0.2) is 0 Å². The van der Waals surface area contributed by atoms with Crippen molar-refractivity contribution in [2.45, 2.75) is 38.6 Å². The number of carbonyl (C=O) groups excluding carboxylic acids is 1. The predicted molar refractivity (Wildman–Crippen MR) is 143 cm³/mol. The standard InChI is InChI=1S/C29H34N4O3/c1-20-16-26(34)28(27(17-20)36-2)23-13-11-22(12-14-23)25(30)19-33(31)29(35)32-15-7-6-10-24(32)18-21-8-4-3-5-9-21/h3-5,8-9,11-14,16-17,19,24,34H,6-7,10,15,18,30-31H2,1-2H3/b25-19-. The second kappa shape index (κ2) is 11.2. The summed E-state index contributed by atoms with van der Waals surface area (Å²) in [5.74, 6) is 6.91. The van der Waals surface area contributed by atoms with Crippen molar-refractivity contribution in [1.82, 2.24) is 9.91 Å². The topological polar surface area (TPSA) is 105 Å². The van der Waals surface area contributed by atoms with Gasteiger partial charge in [0, 0.05) is 18.8 Å². The molecule has 1 fully saturated rings. The molecule has 0 saturated carbocycles. The second-order valence-corrected chi connectivity index (χ2v) is 9.25. The first kappa shape index (κ1) is 25.1. The van der Waals surface area contributed by atoms with Crippen LogP contribution in [0.15, 0.2) is 72.9 Å². The number of urea groups is 1. The Balaban J connectivity index is 1.49. The molecule has 3 aromatic carbocycles. The molecule has 1 atom stereocenters. The van der Waals surface area contributed by atoms with Crippen LogP contribution in [0.4, 0.5) is 4.79 Å². The van der Waals surface area contributed by atoms with Gasteiger partial charge in [0.2, 0.25) is 0 Å². The van der Waals surface area contributed by atoms with Crippen LogP contribution < -0.4 is 16.3 Å². The van der Waals surface area contributed by atoms with Crippen LogP contribution in [0.2, 0.25) is 0 Å². The molecule has 1 aliphatic heterocycles. The number of nitrogens with zero attached hydrogens (tertiary/aromatic N) is 2. The molecule has 0 radical (unpaired) electrons. The van der Waals surface area contributed by atoms with Crippen LogP contribution in [0.5, 0.6) is 11.5 Å². The first-order chi connectivity index (χ1) is 17.4. The summed E-state index contributed by atoms with van der Waals surface area (Å²) in [7, 11) is 1.58. The fourth-order valence-electron chi connectivity index (χ4n) is 4.79.